The van der Waals surface area contributed by atoms with Crippen LogP contribution in [-0.2, 0) is 18.7 Å². The van der Waals surface area contributed by atoms with E-state index in [4.69, 9.17) is 13.9 Å². The highest BCUT2D eigenvalue weighted by molar-refractivity contribution is 6.99. The Kier molecular flexibility index (Phi) is 16.1. The van der Waals surface area contributed by atoms with Crippen molar-refractivity contribution in [3.05, 3.63) is 60.7 Å². The molecule has 0 radical (unpaired) electrons. The lowest BCUT2D eigenvalue weighted by molar-refractivity contribution is -0.108. The number of benzene rings is 2. The molecule has 7 heteroatoms. The Morgan fingerprint density at radius 2 is 1.20 bits per heavy atom. The molecule has 3 rings (SSSR count). The third-order valence-corrected chi connectivity index (χ3v) is 14.8. The molecule has 1 saturated heterocycles. The summed E-state index contributed by atoms with van der Waals surface area (Å²) < 4.78 is 20.1. The van der Waals surface area contributed by atoms with Gasteiger partial charge < -0.3 is 18.7 Å². The molecule has 0 saturated carbocycles. The maximum Gasteiger partial charge on any atom is 0.412 e. The van der Waals surface area contributed by atoms with E-state index in [9.17, 15) is 9.59 Å². The van der Waals surface area contributed by atoms with E-state index in [0.29, 0.717) is 13.0 Å². The van der Waals surface area contributed by atoms with Gasteiger partial charge >= 0.3 is 6.09 Å². The standard InChI is InChI=1S/C42H67NO5Si/c1-40(2,3)48-39(45)43-37(34-46-49(41(4,5)6,35-28-22-20-23-29-35)36-30-24-21-25-31-36)38(47-42(43,7)8)32-26-18-16-14-12-10-9-11-13-15-17-19-27-33-44/h20-25,28-31,33,37-38H,9-19,26-27,32,34H2,1-8H3/t37-,38+/m0/s1. The lowest BCUT2D eigenvalue weighted by atomic mass is 10.0. The third-order valence-electron chi connectivity index (χ3n) is 9.82. The van der Waals surface area contributed by atoms with Gasteiger partial charge in [0.1, 0.15) is 17.6 Å². The lowest BCUT2D eigenvalue weighted by Gasteiger charge is -2.44. The zero-order valence-corrected chi connectivity index (χ0v) is 33.1. The highest BCUT2D eigenvalue weighted by Crippen LogP contribution is 2.40. The number of carbonyl (C=O) groups is 2. The van der Waals surface area contributed by atoms with Crippen molar-refractivity contribution in [1.29, 1.82) is 0 Å². The summed E-state index contributed by atoms with van der Waals surface area (Å²) >= 11 is 0. The minimum absolute atomic E-state index is 0.146. The summed E-state index contributed by atoms with van der Waals surface area (Å²) in [4.78, 5) is 26.1. The van der Waals surface area contributed by atoms with E-state index < -0.39 is 19.6 Å². The minimum atomic E-state index is -2.82. The summed E-state index contributed by atoms with van der Waals surface area (Å²) in [5.74, 6) is 0. The van der Waals surface area contributed by atoms with Crippen molar-refractivity contribution in [2.75, 3.05) is 6.61 Å². The first kappa shape index (κ1) is 40.9. The fourth-order valence-electron chi connectivity index (χ4n) is 7.48. The molecule has 6 nitrogen and oxygen atoms in total. The molecule has 1 fully saturated rings. The van der Waals surface area contributed by atoms with Crippen LogP contribution in [0.15, 0.2) is 60.7 Å². The summed E-state index contributed by atoms with van der Waals surface area (Å²) in [7, 11) is -2.82. The van der Waals surface area contributed by atoms with Crippen molar-refractivity contribution < 1.29 is 23.5 Å². The second kappa shape index (κ2) is 19.2. The van der Waals surface area contributed by atoms with Gasteiger partial charge in [-0.1, -0.05) is 152 Å². The van der Waals surface area contributed by atoms with E-state index >= 15 is 0 Å². The Morgan fingerprint density at radius 1 is 0.755 bits per heavy atom. The molecule has 49 heavy (non-hydrogen) atoms. The van der Waals surface area contributed by atoms with Gasteiger partial charge in [0.05, 0.1) is 18.8 Å². The van der Waals surface area contributed by atoms with E-state index in [-0.39, 0.29) is 23.3 Å². The van der Waals surface area contributed by atoms with Gasteiger partial charge in [0.15, 0.2) is 0 Å². The Bertz CT molecular complexity index is 1200. The molecule has 0 aliphatic carbocycles. The first-order chi connectivity index (χ1) is 23.2. The van der Waals surface area contributed by atoms with Crippen LogP contribution < -0.4 is 10.4 Å². The first-order valence-corrected chi connectivity index (χ1v) is 21.0. The quantitative estimate of drug-likeness (QED) is 0.0785. The molecule has 0 unspecified atom stereocenters. The van der Waals surface area contributed by atoms with Crippen molar-refractivity contribution in [3.63, 3.8) is 0 Å². The summed E-state index contributed by atoms with van der Waals surface area (Å²) in [6.07, 6.45) is 16.8. The maximum absolute atomic E-state index is 13.9. The zero-order chi connectivity index (χ0) is 36.0. The van der Waals surface area contributed by atoms with Crippen molar-refractivity contribution in [1.82, 2.24) is 4.90 Å². The molecule has 0 aromatic heterocycles. The minimum Gasteiger partial charge on any atom is -0.444 e. The number of aldehydes is 1. The number of amides is 1. The molecular weight excluding hydrogens is 627 g/mol. The fourth-order valence-corrected chi connectivity index (χ4v) is 12.1. The summed E-state index contributed by atoms with van der Waals surface area (Å²) in [5.41, 5.74) is -1.44. The van der Waals surface area contributed by atoms with Gasteiger partial charge in [0.2, 0.25) is 0 Å². The molecule has 1 aliphatic heterocycles. The highest BCUT2D eigenvalue weighted by Gasteiger charge is 2.55. The summed E-state index contributed by atoms with van der Waals surface area (Å²) in [5, 5.41) is 2.28. The monoisotopic (exact) mass is 693 g/mol. The van der Waals surface area contributed by atoms with Crippen molar-refractivity contribution in [3.8, 4) is 0 Å². The summed E-state index contributed by atoms with van der Waals surface area (Å²) in [6, 6.07) is 21.1. The molecular formula is C42H67NO5Si. The zero-order valence-electron chi connectivity index (χ0n) is 32.1. The predicted octanol–water partition coefficient (Wildman–Crippen LogP) is 9.96. The normalized spacial score (nSPS) is 18.1. The largest absolute Gasteiger partial charge is 0.444 e. The molecule has 1 aliphatic rings. The molecule has 274 valence electrons. The van der Waals surface area contributed by atoms with E-state index in [1.54, 1.807) is 0 Å². The molecule has 2 aromatic carbocycles. The van der Waals surface area contributed by atoms with Crippen LogP contribution in [0, 0.1) is 0 Å². The Hall–Kier alpha value is -2.48. The topological polar surface area (TPSA) is 65.1 Å². The predicted molar refractivity (Wildman–Crippen MR) is 205 cm³/mol. The maximum atomic E-state index is 13.9. The highest BCUT2D eigenvalue weighted by atomic mass is 28.4. The number of hydrogen-bond acceptors (Lipinski definition) is 5. The third kappa shape index (κ3) is 12.1. The number of carbonyl (C=O) groups excluding carboxylic acids is 2. The van der Waals surface area contributed by atoms with Crippen LogP contribution in [0.25, 0.3) is 0 Å². The molecule has 2 atom stereocenters. The van der Waals surface area contributed by atoms with Crippen LogP contribution in [0.1, 0.15) is 145 Å². The number of hydrogen-bond donors (Lipinski definition) is 0. The van der Waals surface area contributed by atoms with E-state index in [1.807, 2.05) is 39.5 Å². The average molecular weight is 694 g/mol. The smallest absolute Gasteiger partial charge is 0.412 e. The van der Waals surface area contributed by atoms with Gasteiger partial charge in [-0.2, -0.15) is 0 Å². The van der Waals surface area contributed by atoms with Gasteiger partial charge in [0.25, 0.3) is 8.32 Å². The Morgan fingerprint density at radius 3 is 1.63 bits per heavy atom. The number of rotatable bonds is 20. The van der Waals surface area contributed by atoms with Crippen LogP contribution in [-0.4, -0.2) is 55.7 Å². The Balaban J connectivity index is 1.70. The molecule has 1 heterocycles. The van der Waals surface area contributed by atoms with Crippen molar-refractivity contribution in [2.24, 2.45) is 0 Å². The van der Waals surface area contributed by atoms with Crippen LogP contribution in [0.3, 0.4) is 0 Å². The first-order valence-electron chi connectivity index (χ1n) is 19.1. The fraction of sp³-hybridized carbons (Fsp3) is 0.667. The van der Waals surface area contributed by atoms with Gasteiger partial charge in [-0.15, -0.1) is 0 Å². The van der Waals surface area contributed by atoms with Crippen LogP contribution in [0.5, 0.6) is 0 Å². The average Bonchev–Trinajstić information content (AvgIpc) is 3.30. The second-order valence-electron chi connectivity index (χ2n) is 16.5. The second-order valence-corrected chi connectivity index (χ2v) is 20.8. The summed E-state index contributed by atoms with van der Waals surface area (Å²) in [6.45, 7) is 16.9. The van der Waals surface area contributed by atoms with E-state index in [1.165, 1.54) is 68.2 Å². The van der Waals surface area contributed by atoms with Gasteiger partial charge in [0, 0.05) is 6.42 Å². The number of nitrogens with zero attached hydrogens (tertiary/aromatic N) is 1. The number of ether oxygens (including phenoxy) is 2. The van der Waals surface area contributed by atoms with E-state index in [2.05, 4.69) is 81.4 Å². The van der Waals surface area contributed by atoms with Gasteiger partial charge in [-0.05, 0) is 62.9 Å². The van der Waals surface area contributed by atoms with Crippen LogP contribution in [0.2, 0.25) is 5.04 Å². The van der Waals surface area contributed by atoms with Crippen molar-refractivity contribution in [2.45, 2.75) is 174 Å². The molecule has 0 N–H and O–H groups in total. The SMILES string of the molecule is CC(C)(C)OC(=O)N1[C@@H](CO[Si](c2ccccc2)(c2ccccc2)C(C)(C)C)[C@@H](CCCCCCCCCCCCCCC=O)OC1(C)C. The lowest BCUT2D eigenvalue weighted by Crippen LogP contribution is -2.67. The van der Waals surface area contributed by atoms with Crippen LogP contribution in [0.4, 0.5) is 4.79 Å². The molecule has 1 amide bonds. The molecule has 2 aromatic rings. The van der Waals surface area contributed by atoms with Crippen LogP contribution >= 0.6 is 0 Å². The van der Waals surface area contributed by atoms with E-state index in [0.717, 1.165) is 32.0 Å². The van der Waals surface area contributed by atoms with Crippen molar-refractivity contribution >= 4 is 31.1 Å². The molecule has 0 bridgehead atoms. The van der Waals surface area contributed by atoms with Gasteiger partial charge in [-0.25, -0.2) is 4.79 Å². The van der Waals surface area contributed by atoms with Gasteiger partial charge in [-0.3, -0.25) is 4.90 Å². The Labute approximate surface area is 299 Å². The number of unbranched alkanes of at least 4 members (excludes halogenated alkanes) is 12. The molecule has 0 spiro atoms.